The van der Waals surface area contributed by atoms with E-state index in [0.717, 1.165) is 11.2 Å². The van der Waals surface area contributed by atoms with Crippen molar-refractivity contribution in [2.24, 2.45) is 5.41 Å². The largest absolute Gasteiger partial charge is 0.481 e. The van der Waals surface area contributed by atoms with Gasteiger partial charge < -0.3 is 10.0 Å². The molecule has 0 saturated carbocycles. The van der Waals surface area contributed by atoms with E-state index in [1.54, 1.807) is 13.1 Å². The van der Waals surface area contributed by atoms with Crippen LogP contribution in [0, 0.1) is 5.41 Å². The van der Waals surface area contributed by atoms with Gasteiger partial charge in [0.25, 0.3) is 0 Å². The smallest absolute Gasteiger partial charge is 0.311 e. The Morgan fingerprint density at radius 2 is 2.39 bits per heavy atom. The molecule has 0 amide bonds. The predicted molar refractivity (Wildman–Crippen MR) is 64.3 cm³/mol. The maximum atomic E-state index is 11.2. The van der Waals surface area contributed by atoms with E-state index in [0.29, 0.717) is 25.2 Å². The van der Waals surface area contributed by atoms with Gasteiger partial charge in [-0.15, -0.1) is 0 Å². The van der Waals surface area contributed by atoms with Crippen LogP contribution in [-0.2, 0) is 4.79 Å². The lowest BCUT2D eigenvalue weighted by atomic mass is 9.90. The third-order valence-electron chi connectivity index (χ3n) is 3.52. The molecule has 1 saturated heterocycles. The number of carbonyl (C=O) groups is 1. The maximum absolute atomic E-state index is 11.2. The zero-order chi connectivity index (χ0) is 12.8. The van der Waals surface area contributed by atoms with Gasteiger partial charge in [-0.05, 0) is 13.3 Å². The highest BCUT2D eigenvalue weighted by Gasteiger charge is 2.41. The highest BCUT2D eigenvalue weighted by molar-refractivity contribution is 5.87. The summed E-state index contributed by atoms with van der Waals surface area (Å²) in [4.78, 5) is 21.5. The zero-order valence-electron chi connectivity index (χ0n) is 9.92. The van der Waals surface area contributed by atoms with Crippen LogP contribution < -0.4 is 4.90 Å². The van der Waals surface area contributed by atoms with Crippen LogP contribution in [0.25, 0.3) is 11.0 Å². The molecule has 0 radical (unpaired) electrons. The molecule has 7 nitrogen and oxygen atoms in total. The van der Waals surface area contributed by atoms with Crippen LogP contribution in [-0.4, -0.2) is 44.3 Å². The van der Waals surface area contributed by atoms with Gasteiger partial charge in [0.05, 0.1) is 17.0 Å². The normalized spacial score (nSPS) is 23.7. The van der Waals surface area contributed by atoms with Gasteiger partial charge in [-0.25, -0.2) is 9.97 Å². The van der Waals surface area contributed by atoms with Crippen LogP contribution in [0.4, 0.5) is 5.82 Å². The van der Waals surface area contributed by atoms with Crippen LogP contribution in [0.15, 0.2) is 12.5 Å². The number of nitrogens with zero attached hydrogens (tertiary/aromatic N) is 4. The van der Waals surface area contributed by atoms with Crippen LogP contribution >= 0.6 is 0 Å². The lowest BCUT2D eigenvalue weighted by molar-refractivity contribution is -0.146. The van der Waals surface area contributed by atoms with E-state index < -0.39 is 11.4 Å². The summed E-state index contributed by atoms with van der Waals surface area (Å²) in [6.07, 6.45) is 3.75. The number of aromatic amines is 1. The molecule has 0 spiro atoms. The quantitative estimate of drug-likeness (QED) is 0.809. The van der Waals surface area contributed by atoms with Gasteiger partial charge in [-0.3, -0.25) is 9.89 Å². The van der Waals surface area contributed by atoms with Gasteiger partial charge in [0.15, 0.2) is 5.65 Å². The SMILES string of the molecule is CC1(C(=O)O)CCN(c2ncnc3[nH]ncc23)C1. The number of hydrogen-bond acceptors (Lipinski definition) is 5. The van der Waals surface area contributed by atoms with Gasteiger partial charge >= 0.3 is 5.97 Å². The standard InChI is InChI=1S/C11H13N5O2/c1-11(10(17)18)2-3-16(5-11)9-7-4-14-15-8(7)12-6-13-9/h4,6H,2-3,5H2,1H3,(H,17,18)(H,12,13,14,15). The molecule has 1 unspecified atom stereocenters. The van der Waals surface area contributed by atoms with Crippen molar-refractivity contribution in [3.05, 3.63) is 12.5 Å². The monoisotopic (exact) mass is 247 g/mol. The first-order chi connectivity index (χ1) is 8.60. The summed E-state index contributed by atoms with van der Waals surface area (Å²) < 4.78 is 0. The minimum atomic E-state index is -0.762. The highest BCUT2D eigenvalue weighted by atomic mass is 16.4. The van der Waals surface area contributed by atoms with E-state index in [4.69, 9.17) is 0 Å². The van der Waals surface area contributed by atoms with Crippen LogP contribution in [0.1, 0.15) is 13.3 Å². The number of aromatic nitrogens is 4. The van der Waals surface area contributed by atoms with Crippen molar-refractivity contribution in [2.45, 2.75) is 13.3 Å². The molecule has 0 aromatic carbocycles. The van der Waals surface area contributed by atoms with Gasteiger partial charge in [-0.2, -0.15) is 5.10 Å². The molecule has 0 aliphatic carbocycles. The molecule has 3 heterocycles. The van der Waals surface area contributed by atoms with Crippen LogP contribution in [0.2, 0.25) is 0 Å². The summed E-state index contributed by atoms with van der Waals surface area (Å²) in [7, 11) is 0. The van der Waals surface area contributed by atoms with E-state index >= 15 is 0 Å². The Balaban J connectivity index is 1.98. The van der Waals surface area contributed by atoms with E-state index in [2.05, 4.69) is 20.2 Å². The van der Waals surface area contributed by atoms with Crippen LogP contribution in [0.3, 0.4) is 0 Å². The van der Waals surface area contributed by atoms with Gasteiger partial charge in [0.2, 0.25) is 0 Å². The highest BCUT2D eigenvalue weighted by Crippen LogP contribution is 2.34. The van der Waals surface area contributed by atoms with Gasteiger partial charge in [-0.1, -0.05) is 0 Å². The van der Waals surface area contributed by atoms with E-state index in [9.17, 15) is 9.90 Å². The second kappa shape index (κ2) is 3.66. The lowest BCUT2D eigenvalue weighted by Gasteiger charge is -2.21. The fourth-order valence-electron chi connectivity index (χ4n) is 2.32. The predicted octanol–water partition coefficient (Wildman–Crippen LogP) is 0.654. The van der Waals surface area contributed by atoms with Crippen molar-refractivity contribution in [2.75, 3.05) is 18.0 Å². The zero-order valence-corrected chi connectivity index (χ0v) is 9.92. The molecule has 3 rings (SSSR count). The van der Waals surface area contributed by atoms with E-state index in [1.807, 2.05) is 4.90 Å². The Morgan fingerprint density at radius 1 is 1.56 bits per heavy atom. The molecule has 2 aromatic rings. The molecule has 1 atom stereocenters. The van der Waals surface area contributed by atoms with Crippen molar-refractivity contribution in [3.63, 3.8) is 0 Å². The molecular weight excluding hydrogens is 234 g/mol. The lowest BCUT2D eigenvalue weighted by Crippen LogP contribution is -2.32. The summed E-state index contributed by atoms with van der Waals surface area (Å²) in [6.45, 7) is 2.91. The van der Waals surface area contributed by atoms with Crippen LogP contribution in [0.5, 0.6) is 0 Å². The first-order valence-corrected chi connectivity index (χ1v) is 5.72. The Morgan fingerprint density at radius 3 is 3.11 bits per heavy atom. The summed E-state index contributed by atoms with van der Waals surface area (Å²) in [5.41, 5.74) is -0.0370. The number of nitrogens with one attached hydrogen (secondary N) is 1. The summed E-state index contributed by atoms with van der Waals surface area (Å²) in [5.74, 6) is -0.0128. The minimum Gasteiger partial charge on any atom is -0.481 e. The van der Waals surface area contributed by atoms with Crippen molar-refractivity contribution in [3.8, 4) is 0 Å². The number of fused-ring (bicyclic) bond motifs is 1. The molecule has 2 N–H and O–H groups in total. The molecule has 7 heteroatoms. The number of H-pyrrole nitrogens is 1. The number of carboxylic acids is 1. The second-order valence-electron chi connectivity index (χ2n) is 4.87. The van der Waals surface area contributed by atoms with Gasteiger partial charge in [0, 0.05) is 13.1 Å². The number of anilines is 1. The fourth-order valence-corrected chi connectivity index (χ4v) is 2.32. The first kappa shape index (κ1) is 10.9. The third-order valence-corrected chi connectivity index (χ3v) is 3.52. The Kier molecular flexibility index (Phi) is 2.22. The Bertz CT molecular complexity index is 610. The second-order valence-corrected chi connectivity index (χ2v) is 4.87. The third kappa shape index (κ3) is 1.51. The average Bonchev–Trinajstić information content (AvgIpc) is 2.95. The molecule has 1 fully saturated rings. The fraction of sp³-hybridized carbons (Fsp3) is 0.455. The van der Waals surface area contributed by atoms with E-state index in [1.165, 1.54) is 6.33 Å². The molecule has 18 heavy (non-hydrogen) atoms. The van der Waals surface area contributed by atoms with E-state index in [-0.39, 0.29) is 0 Å². The van der Waals surface area contributed by atoms with Gasteiger partial charge in [0.1, 0.15) is 12.1 Å². The number of hydrogen-bond donors (Lipinski definition) is 2. The van der Waals surface area contributed by atoms with Crippen molar-refractivity contribution >= 4 is 22.8 Å². The Labute approximate surface area is 103 Å². The maximum Gasteiger partial charge on any atom is 0.311 e. The summed E-state index contributed by atoms with van der Waals surface area (Å²) in [6, 6.07) is 0. The summed E-state index contributed by atoms with van der Waals surface area (Å²) >= 11 is 0. The molecular formula is C11H13N5O2. The number of carboxylic acid groups (broad SMARTS) is 1. The van der Waals surface area contributed by atoms with Crippen molar-refractivity contribution < 1.29 is 9.90 Å². The molecule has 2 aromatic heterocycles. The first-order valence-electron chi connectivity index (χ1n) is 5.72. The topological polar surface area (TPSA) is 95.0 Å². The average molecular weight is 247 g/mol. The molecule has 1 aliphatic rings. The molecule has 1 aliphatic heterocycles. The number of rotatable bonds is 2. The van der Waals surface area contributed by atoms with Crippen molar-refractivity contribution in [1.29, 1.82) is 0 Å². The summed E-state index contributed by atoms with van der Waals surface area (Å²) in [5, 5.41) is 16.8. The molecule has 0 bridgehead atoms. The molecule has 94 valence electrons. The van der Waals surface area contributed by atoms with Crippen molar-refractivity contribution in [1.82, 2.24) is 20.2 Å². The Hall–Kier alpha value is -2.18. The minimum absolute atomic E-state index is 0.458. The number of aliphatic carboxylic acids is 1.